The fraction of sp³-hybridized carbons (Fsp3) is 0.167. The van der Waals surface area contributed by atoms with Crippen molar-refractivity contribution >= 4 is 57.3 Å². The number of nitrogens with one attached hydrogen (secondary N) is 1. The van der Waals surface area contributed by atoms with Crippen LogP contribution in [0.1, 0.15) is 16.9 Å². The number of halogens is 2. The van der Waals surface area contributed by atoms with Gasteiger partial charge >= 0.3 is 0 Å². The highest BCUT2D eigenvalue weighted by Crippen LogP contribution is 2.28. The molecule has 0 bridgehead atoms. The second-order valence-corrected chi connectivity index (χ2v) is 10.3. The van der Waals surface area contributed by atoms with E-state index in [1.807, 2.05) is 47.0 Å². The first kappa shape index (κ1) is 24.5. The smallest absolute Gasteiger partial charge is 0.226 e. The molecule has 0 atom stereocenters. The first-order chi connectivity index (χ1) is 16.5. The summed E-state index contributed by atoms with van der Waals surface area (Å²) in [4.78, 5) is 17.7. The van der Waals surface area contributed by atoms with Gasteiger partial charge in [0.25, 0.3) is 0 Å². The molecule has 1 amide bonds. The molecule has 0 saturated carbocycles. The van der Waals surface area contributed by atoms with Gasteiger partial charge in [0.1, 0.15) is 0 Å². The van der Waals surface area contributed by atoms with Crippen molar-refractivity contribution in [1.82, 2.24) is 19.7 Å². The zero-order valence-corrected chi connectivity index (χ0v) is 21.2. The molecule has 6 nitrogen and oxygen atoms in total. The van der Waals surface area contributed by atoms with Crippen LogP contribution in [0.15, 0.2) is 72.5 Å². The average Bonchev–Trinajstić information content (AvgIpc) is 3.44. The van der Waals surface area contributed by atoms with Crippen LogP contribution < -0.4 is 5.32 Å². The average molecular weight is 531 g/mol. The summed E-state index contributed by atoms with van der Waals surface area (Å²) in [5.41, 5.74) is 1.91. The zero-order chi connectivity index (χ0) is 23.9. The molecule has 1 N–H and O–H groups in total. The summed E-state index contributed by atoms with van der Waals surface area (Å²) < 4.78 is 2.00. The minimum atomic E-state index is -0.104. The number of hydrogen-bond donors (Lipinski definition) is 1. The standard InChI is InChI=1S/C24H21Cl2N5OS2/c1-2-11-31-22(16-6-4-3-5-7-16)29-30-24(31)33-12-10-21(32)28-23-27-15-19(34-23)14-17-13-18(25)8-9-20(17)26/h2-9,13,15H,1,10-12,14H2,(H,27,28,32). The minimum Gasteiger partial charge on any atom is -0.302 e. The molecular formula is C24H21Cl2N5OS2. The molecule has 0 aliphatic rings. The van der Waals surface area contributed by atoms with Gasteiger partial charge in [-0.15, -0.1) is 28.1 Å². The third-order valence-electron chi connectivity index (χ3n) is 4.79. The van der Waals surface area contributed by atoms with Crippen LogP contribution >= 0.6 is 46.3 Å². The topological polar surface area (TPSA) is 72.7 Å². The molecule has 0 fully saturated rings. The maximum absolute atomic E-state index is 12.5. The maximum Gasteiger partial charge on any atom is 0.226 e. The summed E-state index contributed by atoms with van der Waals surface area (Å²) in [5, 5.41) is 14.1. The normalized spacial score (nSPS) is 10.9. The van der Waals surface area contributed by atoms with Gasteiger partial charge in [0.15, 0.2) is 16.1 Å². The summed E-state index contributed by atoms with van der Waals surface area (Å²) in [7, 11) is 0. The number of thioether (sulfide) groups is 1. The second kappa shape index (κ2) is 11.7. The van der Waals surface area contributed by atoms with Crippen molar-refractivity contribution < 1.29 is 4.79 Å². The van der Waals surface area contributed by atoms with Crippen molar-refractivity contribution in [2.75, 3.05) is 11.1 Å². The van der Waals surface area contributed by atoms with Crippen LogP contribution in [0.4, 0.5) is 5.13 Å². The lowest BCUT2D eigenvalue weighted by atomic mass is 10.1. The summed E-state index contributed by atoms with van der Waals surface area (Å²) in [5.74, 6) is 1.24. The number of hydrogen-bond acceptors (Lipinski definition) is 6. The number of anilines is 1. The van der Waals surface area contributed by atoms with Crippen LogP contribution in [0.5, 0.6) is 0 Å². The van der Waals surface area contributed by atoms with Crippen molar-refractivity contribution in [1.29, 1.82) is 0 Å². The van der Waals surface area contributed by atoms with E-state index in [9.17, 15) is 4.79 Å². The Bertz CT molecular complexity index is 1290. The molecule has 0 aliphatic heterocycles. The Morgan fingerprint density at radius 1 is 1.18 bits per heavy atom. The summed E-state index contributed by atoms with van der Waals surface area (Å²) in [6.07, 6.45) is 4.48. The van der Waals surface area contributed by atoms with E-state index in [4.69, 9.17) is 23.2 Å². The van der Waals surface area contributed by atoms with E-state index in [1.165, 1.54) is 23.1 Å². The van der Waals surface area contributed by atoms with Gasteiger partial charge in [0.05, 0.1) is 0 Å². The Morgan fingerprint density at radius 3 is 2.79 bits per heavy atom. The number of carbonyl (C=O) groups excluding carboxylic acids is 1. The van der Waals surface area contributed by atoms with E-state index in [0.717, 1.165) is 27.0 Å². The van der Waals surface area contributed by atoms with Crippen LogP contribution in [-0.4, -0.2) is 31.4 Å². The quantitative estimate of drug-likeness (QED) is 0.185. The Labute approximate surface area is 216 Å². The summed E-state index contributed by atoms with van der Waals surface area (Å²) >= 11 is 15.2. The Kier molecular flexibility index (Phi) is 8.39. The largest absolute Gasteiger partial charge is 0.302 e. The second-order valence-electron chi connectivity index (χ2n) is 7.26. The lowest BCUT2D eigenvalue weighted by molar-refractivity contribution is -0.115. The number of rotatable bonds is 10. The van der Waals surface area contributed by atoms with E-state index in [2.05, 4.69) is 27.1 Å². The van der Waals surface area contributed by atoms with E-state index >= 15 is 0 Å². The van der Waals surface area contributed by atoms with Crippen molar-refractivity contribution in [3.05, 3.63) is 87.9 Å². The fourth-order valence-corrected chi connectivity index (χ4v) is 5.34. The molecule has 4 rings (SSSR count). The number of thiazole rings is 1. The first-order valence-corrected chi connectivity index (χ1v) is 13.0. The number of allylic oxidation sites excluding steroid dienone is 1. The fourth-order valence-electron chi connectivity index (χ4n) is 3.22. The van der Waals surface area contributed by atoms with Gasteiger partial charge in [-0.1, -0.05) is 71.4 Å². The third-order valence-corrected chi connectivity index (χ3v) is 7.28. The van der Waals surface area contributed by atoms with Crippen LogP contribution in [0.25, 0.3) is 11.4 Å². The molecule has 0 unspecified atom stereocenters. The Morgan fingerprint density at radius 2 is 2.00 bits per heavy atom. The van der Waals surface area contributed by atoms with E-state index < -0.39 is 0 Å². The summed E-state index contributed by atoms with van der Waals surface area (Å²) in [6.45, 7) is 4.42. The van der Waals surface area contributed by atoms with Gasteiger partial charge in [-0.2, -0.15) is 0 Å². The molecule has 0 radical (unpaired) electrons. The molecule has 4 aromatic rings. The Balaban J connectivity index is 1.32. The Hall–Kier alpha value is -2.65. The minimum absolute atomic E-state index is 0.104. The van der Waals surface area contributed by atoms with E-state index in [1.54, 1.807) is 18.3 Å². The van der Waals surface area contributed by atoms with Crippen LogP contribution in [0.3, 0.4) is 0 Å². The van der Waals surface area contributed by atoms with Crippen LogP contribution in [-0.2, 0) is 17.8 Å². The number of amides is 1. The van der Waals surface area contributed by atoms with Gasteiger partial charge in [-0.25, -0.2) is 4.98 Å². The molecule has 2 aromatic carbocycles. The predicted molar refractivity (Wildman–Crippen MR) is 141 cm³/mol. The van der Waals surface area contributed by atoms with Crippen molar-refractivity contribution in [2.24, 2.45) is 0 Å². The molecule has 34 heavy (non-hydrogen) atoms. The van der Waals surface area contributed by atoms with Gasteiger partial charge < -0.3 is 5.32 Å². The molecule has 2 heterocycles. The van der Waals surface area contributed by atoms with Crippen LogP contribution in [0.2, 0.25) is 10.0 Å². The lowest BCUT2D eigenvalue weighted by Crippen LogP contribution is -2.12. The molecule has 10 heteroatoms. The van der Waals surface area contributed by atoms with Gasteiger partial charge in [0.2, 0.25) is 5.91 Å². The van der Waals surface area contributed by atoms with Crippen molar-refractivity contribution in [3.8, 4) is 11.4 Å². The van der Waals surface area contributed by atoms with Crippen LogP contribution in [0, 0.1) is 0 Å². The van der Waals surface area contributed by atoms with Crippen molar-refractivity contribution in [2.45, 2.75) is 24.5 Å². The predicted octanol–water partition coefficient (Wildman–Crippen LogP) is 6.61. The highest BCUT2D eigenvalue weighted by atomic mass is 35.5. The lowest BCUT2D eigenvalue weighted by Gasteiger charge is -2.07. The highest BCUT2D eigenvalue weighted by Gasteiger charge is 2.14. The molecule has 0 aliphatic carbocycles. The van der Waals surface area contributed by atoms with Gasteiger partial charge in [-0.3, -0.25) is 9.36 Å². The number of nitrogens with zero attached hydrogens (tertiary/aromatic N) is 4. The highest BCUT2D eigenvalue weighted by molar-refractivity contribution is 7.99. The molecule has 0 saturated heterocycles. The number of benzene rings is 2. The van der Waals surface area contributed by atoms with Gasteiger partial charge in [-0.05, 0) is 23.8 Å². The SMILES string of the molecule is C=CCn1c(SCCC(=O)Nc2ncc(Cc3cc(Cl)ccc3Cl)s2)nnc1-c1ccccc1. The zero-order valence-electron chi connectivity index (χ0n) is 18.1. The molecular weight excluding hydrogens is 509 g/mol. The maximum atomic E-state index is 12.5. The van der Waals surface area contributed by atoms with Crippen molar-refractivity contribution in [3.63, 3.8) is 0 Å². The third kappa shape index (κ3) is 6.27. The molecule has 174 valence electrons. The number of carbonyl (C=O) groups is 1. The van der Waals surface area contributed by atoms with E-state index in [-0.39, 0.29) is 5.91 Å². The first-order valence-electron chi connectivity index (χ1n) is 10.4. The molecule has 0 spiro atoms. The van der Waals surface area contributed by atoms with Gasteiger partial charge in [0, 0.05) is 51.8 Å². The molecule has 2 aromatic heterocycles. The number of aromatic nitrogens is 4. The monoisotopic (exact) mass is 529 g/mol. The summed E-state index contributed by atoms with van der Waals surface area (Å²) in [6, 6.07) is 15.3. The van der Waals surface area contributed by atoms with E-state index in [0.29, 0.717) is 40.3 Å².